The zero-order chi connectivity index (χ0) is 14.9. The number of aromatic nitrogens is 1. The van der Waals surface area contributed by atoms with Crippen LogP contribution in [0, 0.1) is 0 Å². The number of carbonyl (C=O) groups is 1. The topological polar surface area (TPSA) is 51.2 Å². The van der Waals surface area contributed by atoms with Crippen molar-refractivity contribution in [3.05, 3.63) is 41.4 Å². The van der Waals surface area contributed by atoms with Gasteiger partial charge in [-0.1, -0.05) is 12.1 Å². The van der Waals surface area contributed by atoms with E-state index in [1.807, 2.05) is 0 Å². The van der Waals surface area contributed by atoms with Crippen molar-refractivity contribution in [2.24, 2.45) is 0 Å². The number of hydrogen-bond acceptors (Lipinski definition) is 4. The van der Waals surface area contributed by atoms with E-state index in [2.05, 4.69) is 21.1 Å². The first-order valence-corrected chi connectivity index (χ1v) is 7.31. The molecule has 5 heteroatoms. The Kier molecular flexibility index (Phi) is 3.66. The van der Waals surface area contributed by atoms with Crippen LogP contribution >= 0.6 is 0 Å². The van der Waals surface area contributed by atoms with Gasteiger partial charge in [-0.3, -0.25) is 4.98 Å². The first-order valence-electron chi connectivity index (χ1n) is 7.31. The van der Waals surface area contributed by atoms with Gasteiger partial charge in [-0.25, -0.2) is 9.18 Å². The maximum atomic E-state index is 15.1. The van der Waals surface area contributed by atoms with Crippen molar-refractivity contribution in [1.29, 1.82) is 0 Å². The smallest absolute Gasteiger partial charge is 0.348 e. The van der Waals surface area contributed by atoms with Gasteiger partial charge in [0, 0.05) is 29.9 Å². The standard InChI is InChI=1S/C16H19FN2O2/c1-21-15(20)16(17)7-6-11(10-12-4-2-8-18-12)14-13(16)5-3-9-19-14/h3-5,9,11,18H,2,6-8,10H2,1H3/t11-,16+/m0/s1. The van der Waals surface area contributed by atoms with Crippen LogP contribution in [0.1, 0.15) is 42.9 Å². The van der Waals surface area contributed by atoms with Crippen LogP contribution in [0.5, 0.6) is 0 Å². The molecule has 0 fully saturated rings. The zero-order valence-corrected chi connectivity index (χ0v) is 12.1. The van der Waals surface area contributed by atoms with Crippen LogP contribution in [0.2, 0.25) is 0 Å². The van der Waals surface area contributed by atoms with Gasteiger partial charge < -0.3 is 10.1 Å². The predicted octanol–water partition coefficient (Wildman–Crippen LogP) is 2.56. The minimum Gasteiger partial charge on any atom is -0.466 e. The second-order valence-corrected chi connectivity index (χ2v) is 5.61. The Bertz CT molecular complexity index is 587. The van der Waals surface area contributed by atoms with Crippen molar-refractivity contribution in [2.45, 2.75) is 37.3 Å². The second-order valence-electron chi connectivity index (χ2n) is 5.61. The van der Waals surface area contributed by atoms with E-state index in [1.54, 1.807) is 18.3 Å². The van der Waals surface area contributed by atoms with Gasteiger partial charge in [0.05, 0.1) is 12.8 Å². The summed E-state index contributed by atoms with van der Waals surface area (Å²) in [7, 11) is 1.22. The molecule has 0 saturated carbocycles. The van der Waals surface area contributed by atoms with Crippen molar-refractivity contribution in [2.75, 3.05) is 13.7 Å². The maximum absolute atomic E-state index is 15.1. The van der Waals surface area contributed by atoms with E-state index in [4.69, 9.17) is 0 Å². The molecule has 0 bridgehead atoms. The molecule has 0 aromatic carbocycles. The van der Waals surface area contributed by atoms with E-state index in [1.165, 1.54) is 12.8 Å². The SMILES string of the molecule is COC(=O)[C@@]1(F)CC[C@@H](CC2=CCCN2)c2ncccc21. The molecule has 1 aromatic rings. The average Bonchev–Trinajstić information content (AvgIpc) is 3.02. The molecule has 0 spiro atoms. The Labute approximate surface area is 123 Å². The molecular formula is C16H19FN2O2. The molecule has 21 heavy (non-hydrogen) atoms. The lowest BCUT2D eigenvalue weighted by atomic mass is 9.76. The third kappa shape index (κ3) is 2.41. The highest BCUT2D eigenvalue weighted by Gasteiger charge is 2.48. The summed E-state index contributed by atoms with van der Waals surface area (Å²) >= 11 is 0. The van der Waals surface area contributed by atoms with Gasteiger partial charge in [0.1, 0.15) is 0 Å². The summed E-state index contributed by atoms with van der Waals surface area (Å²) in [4.78, 5) is 16.2. The Morgan fingerprint density at radius 1 is 1.62 bits per heavy atom. The van der Waals surface area contributed by atoms with Crippen LogP contribution in [0.25, 0.3) is 0 Å². The fourth-order valence-electron chi connectivity index (χ4n) is 3.27. The van der Waals surface area contributed by atoms with Crippen LogP contribution in [0.3, 0.4) is 0 Å². The molecule has 0 unspecified atom stereocenters. The number of allylic oxidation sites excluding steroid dienone is 1. The Hall–Kier alpha value is -1.91. The monoisotopic (exact) mass is 290 g/mol. The van der Waals surface area contributed by atoms with Gasteiger partial charge in [-0.15, -0.1) is 0 Å². The van der Waals surface area contributed by atoms with E-state index < -0.39 is 11.6 Å². The quantitative estimate of drug-likeness (QED) is 0.869. The number of ether oxygens (including phenoxy) is 1. The van der Waals surface area contributed by atoms with Crippen LogP contribution in [-0.4, -0.2) is 24.6 Å². The number of alkyl halides is 1. The van der Waals surface area contributed by atoms with E-state index in [9.17, 15) is 4.79 Å². The number of fused-ring (bicyclic) bond motifs is 1. The van der Waals surface area contributed by atoms with Crippen LogP contribution in [-0.2, 0) is 15.2 Å². The highest BCUT2D eigenvalue weighted by Crippen LogP contribution is 2.45. The van der Waals surface area contributed by atoms with Crippen molar-refractivity contribution >= 4 is 5.97 Å². The lowest BCUT2D eigenvalue weighted by molar-refractivity contribution is -0.156. The summed E-state index contributed by atoms with van der Waals surface area (Å²) in [6.07, 6.45) is 6.43. The number of esters is 1. The lowest BCUT2D eigenvalue weighted by Crippen LogP contribution is -2.37. The fourth-order valence-corrected chi connectivity index (χ4v) is 3.27. The van der Waals surface area contributed by atoms with Crippen LogP contribution < -0.4 is 5.32 Å². The molecule has 0 amide bonds. The number of hydrogen-bond donors (Lipinski definition) is 1. The third-order valence-electron chi connectivity index (χ3n) is 4.35. The average molecular weight is 290 g/mol. The first kappa shape index (κ1) is 14.0. The molecule has 1 aliphatic carbocycles. The largest absolute Gasteiger partial charge is 0.466 e. The van der Waals surface area contributed by atoms with Gasteiger partial charge in [-0.05, 0) is 31.7 Å². The Balaban J connectivity index is 1.93. The van der Waals surface area contributed by atoms with Crippen LogP contribution in [0.4, 0.5) is 4.39 Å². The van der Waals surface area contributed by atoms with Crippen molar-refractivity contribution < 1.29 is 13.9 Å². The van der Waals surface area contributed by atoms with Crippen molar-refractivity contribution in [1.82, 2.24) is 10.3 Å². The van der Waals surface area contributed by atoms with E-state index >= 15 is 4.39 Å². The molecule has 3 rings (SSSR count). The molecular weight excluding hydrogens is 271 g/mol. The van der Waals surface area contributed by atoms with Gasteiger partial charge in [-0.2, -0.15) is 0 Å². The first-order chi connectivity index (χ1) is 10.1. The van der Waals surface area contributed by atoms with Gasteiger partial charge in [0.2, 0.25) is 5.67 Å². The number of methoxy groups -OCH3 is 1. The minimum absolute atomic E-state index is 0.145. The molecule has 2 aliphatic rings. The zero-order valence-electron chi connectivity index (χ0n) is 12.1. The van der Waals surface area contributed by atoms with Crippen molar-refractivity contribution in [3.63, 3.8) is 0 Å². The summed E-state index contributed by atoms with van der Waals surface area (Å²) in [6.45, 7) is 0.965. The Morgan fingerprint density at radius 2 is 2.48 bits per heavy atom. The summed E-state index contributed by atoms with van der Waals surface area (Å²) in [5, 5.41) is 3.34. The molecule has 1 aromatic heterocycles. The highest BCUT2D eigenvalue weighted by atomic mass is 19.1. The molecule has 4 nitrogen and oxygen atoms in total. The van der Waals surface area contributed by atoms with Crippen LogP contribution in [0.15, 0.2) is 30.1 Å². The molecule has 1 N–H and O–H groups in total. The molecule has 2 atom stereocenters. The summed E-state index contributed by atoms with van der Waals surface area (Å²) in [6, 6.07) is 3.33. The normalized spacial score (nSPS) is 27.5. The molecule has 0 radical (unpaired) electrons. The van der Waals surface area contributed by atoms with E-state index in [-0.39, 0.29) is 12.3 Å². The summed E-state index contributed by atoms with van der Waals surface area (Å²) in [5.74, 6) is -0.681. The number of nitrogens with zero attached hydrogens (tertiary/aromatic N) is 1. The molecule has 1 aliphatic heterocycles. The number of nitrogens with one attached hydrogen (secondary N) is 1. The second kappa shape index (κ2) is 5.47. The van der Waals surface area contributed by atoms with E-state index in [0.29, 0.717) is 17.7 Å². The molecule has 112 valence electrons. The Morgan fingerprint density at radius 3 is 3.19 bits per heavy atom. The number of carbonyl (C=O) groups excluding carboxylic acids is 1. The van der Waals surface area contributed by atoms with Gasteiger partial charge in [0.15, 0.2) is 0 Å². The molecule has 0 saturated heterocycles. The van der Waals surface area contributed by atoms with Gasteiger partial charge >= 0.3 is 5.97 Å². The minimum atomic E-state index is -2.06. The number of pyridine rings is 1. The highest BCUT2D eigenvalue weighted by molar-refractivity contribution is 5.82. The van der Waals surface area contributed by atoms with E-state index in [0.717, 1.165) is 19.4 Å². The number of halogens is 1. The third-order valence-corrected chi connectivity index (χ3v) is 4.35. The summed E-state index contributed by atoms with van der Waals surface area (Å²) in [5.41, 5.74) is 0.186. The lowest BCUT2D eigenvalue weighted by Gasteiger charge is -2.33. The maximum Gasteiger partial charge on any atom is 0.348 e. The predicted molar refractivity (Wildman–Crippen MR) is 76.3 cm³/mol. The number of rotatable bonds is 3. The fraction of sp³-hybridized carbons (Fsp3) is 0.500. The summed E-state index contributed by atoms with van der Waals surface area (Å²) < 4.78 is 19.8. The van der Waals surface area contributed by atoms with Gasteiger partial charge in [0.25, 0.3) is 0 Å². The van der Waals surface area contributed by atoms with Crippen molar-refractivity contribution in [3.8, 4) is 0 Å². The molecule has 2 heterocycles.